The minimum Gasteiger partial charge on any atom is -0.492 e. The maximum atomic E-state index is 5.37. The van der Waals surface area contributed by atoms with Crippen molar-refractivity contribution in [3.05, 3.63) is 24.3 Å². The van der Waals surface area contributed by atoms with Gasteiger partial charge in [0.15, 0.2) is 0 Å². The average molecular weight is 181 g/mol. The summed E-state index contributed by atoms with van der Waals surface area (Å²) in [6, 6.07) is 7.89. The van der Waals surface area contributed by atoms with Crippen LogP contribution < -0.4 is 10.1 Å². The second kappa shape index (κ2) is 7.47. The van der Waals surface area contributed by atoms with Gasteiger partial charge in [-0.05, 0) is 19.1 Å². The summed E-state index contributed by atoms with van der Waals surface area (Å²) in [7, 11) is 1.89. The highest BCUT2D eigenvalue weighted by atomic mass is 16.5. The second-order valence-electron chi connectivity index (χ2n) is 2.18. The summed E-state index contributed by atoms with van der Waals surface area (Å²) < 4.78 is 5.37. The van der Waals surface area contributed by atoms with Crippen LogP contribution >= 0.6 is 0 Å². The minimum atomic E-state index is 0.707. The van der Waals surface area contributed by atoms with Gasteiger partial charge < -0.3 is 10.1 Å². The van der Waals surface area contributed by atoms with Gasteiger partial charge >= 0.3 is 0 Å². The molecule has 13 heavy (non-hydrogen) atoms. The maximum absolute atomic E-state index is 5.37. The summed E-state index contributed by atoms with van der Waals surface area (Å²) in [6.45, 7) is 6.69. The highest BCUT2D eigenvalue weighted by Crippen LogP contribution is 2.22. The van der Waals surface area contributed by atoms with Crippen molar-refractivity contribution in [2.75, 3.05) is 19.0 Å². The largest absolute Gasteiger partial charge is 0.492 e. The normalized spacial score (nSPS) is 8.31. The van der Waals surface area contributed by atoms with Crippen molar-refractivity contribution in [1.29, 1.82) is 0 Å². The standard InChI is InChI=1S/C9H13NO.C2H6/c1-3-11-9-7-5-4-6-8(9)10-2;1-2/h4-7,10H,3H2,1-2H3;1-2H3. The highest BCUT2D eigenvalue weighted by Gasteiger charge is 1.96. The Morgan fingerprint density at radius 1 is 1.23 bits per heavy atom. The summed E-state index contributed by atoms with van der Waals surface area (Å²) in [6.07, 6.45) is 0. The number of benzene rings is 1. The topological polar surface area (TPSA) is 21.3 Å². The minimum absolute atomic E-state index is 0.707. The molecule has 0 aromatic heterocycles. The Labute approximate surface area is 80.9 Å². The number of hydrogen-bond donors (Lipinski definition) is 1. The fourth-order valence-electron chi connectivity index (χ4n) is 0.955. The molecule has 0 heterocycles. The van der Waals surface area contributed by atoms with Crippen LogP contribution in [0, 0.1) is 0 Å². The van der Waals surface area contributed by atoms with Crippen LogP contribution in [0.2, 0.25) is 0 Å². The Morgan fingerprint density at radius 3 is 2.38 bits per heavy atom. The van der Waals surface area contributed by atoms with Gasteiger partial charge in [-0.3, -0.25) is 0 Å². The summed E-state index contributed by atoms with van der Waals surface area (Å²) in [5, 5.41) is 3.06. The summed E-state index contributed by atoms with van der Waals surface area (Å²) in [4.78, 5) is 0. The van der Waals surface area contributed by atoms with E-state index in [2.05, 4.69) is 5.32 Å². The van der Waals surface area contributed by atoms with Gasteiger partial charge in [0.2, 0.25) is 0 Å². The number of para-hydroxylation sites is 2. The molecule has 0 aliphatic rings. The van der Waals surface area contributed by atoms with Gasteiger partial charge in [-0.1, -0.05) is 26.0 Å². The Kier molecular flexibility index (Phi) is 6.79. The van der Waals surface area contributed by atoms with Crippen molar-refractivity contribution in [2.45, 2.75) is 20.8 Å². The first-order valence-corrected chi connectivity index (χ1v) is 4.78. The van der Waals surface area contributed by atoms with Crippen molar-refractivity contribution in [2.24, 2.45) is 0 Å². The van der Waals surface area contributed by atoms with Gasteiger partial charge in [0.05, 0.1) is 12.3 Å². The number of hydrogen-bond acceptors (Lipinski definition) is 2. The van der Waals surface area contributed by atoms with E-state index in [0.717, 1.165) is 11.4 Å². The predicted octanol–water partition coefficient (Wildman–Crippen LogP) is 3.15. The summed E-state index contributed by atoms with van der Waals surface area (Å²) >= 11 is 0. The lowest BCUT2D eigenvalue weighted by Crippen LogP contribution is -1.96. The molecule has 0 fully saturated rings. The first kappa shape index (κ1) is 11.8. The monoisotopic (exact) mass is 181 g/mol. The lowest BCUT2D eigenvalue weighted by atomic mass is 10.3. The third-order valence-corrected chi connectivity index (χ3v) is 1.46. The summed E-state index contributed by atoms with van der Waals surface area (Å²) in [5.41, 5.74) is 1.04. The fourth-order valence-corrected chi connectivity index (χ4v) is 0.955. The third kappa shape index (κ3) is 3.83. The van der Waals surface area contributed by atoms with Gasteiger partial charge in [-0.25, -0.2) is 0 Å². The predicted molar refractivity (Wildman–Crippen MR) is 58.5 cm³/mol. The molecule has 2 nitrogen and oxygen atoms in total. The highest BCUT2D eigenvalue weighted by molar-refractivity contribution is 5.55. The van der Waals surface area contributed by atoms with Crippen molar-refractivity contribution < 1.29 is 4.74 Å². The zero-order valence-electron chi connectivity index (χ0n) is 8.92. The smallest absolute Gasteiger partial charge is 0.142 e. The van der Waals surface area contributed by atoms with E-state index in [9.17, 15) is 0 Å². The molecule has 0 spiro atoms. The zero-order chi connectivity index (χ0) is 10.1. The van der Waals surface area contributed by atoms with Crippen LogP contribution in [-0.2, 0) is 0 Å². The van der Waals surface area contributed by atoms with E-state index in [0.29, 0.717) is 6.61 Å². The van der Waals surface area contributed by atoms with E-state index in [-0.39, 0.29) is 0 Å². The van der Waals surface area contributed by atoms with Gasteiger partial charge in [0, 0.05) is 7.05 Å². The molecular weight excluding hydrogens is 162 g/mol. The molecule has 0 bridgehead atoms. The van der Waals surface area contributed by atoms with Crippen LogP contribution in [0.5, 0.6) is 5.75 Å². The van der Waals surface area contributed by atoms with E-state index < -0.39 is 0 Å². The number of rotatable bonds is 3. The molecule has 1 N–H and O–H groups in total. The lowest BCUT2D eigenvalue weighted by molar-refractivity contribution is 0.342. The lowest BCUT2D eigenvalue weighted by Gasteiger charge is -2.07. The molecule has 2 heteroatoms. The third-order valence-electron chi connectivity index (χ3n) is 1.46. The number of anilines is 1. The molecule has 1 aromatic rings. The number of nitrogens with one attached hydrogen (secondary N) is 1. The van der Waals surface area contributed by atoms with Crippen LogP contribution in [0.3, 0.4) is 0 Å². The average Bonchev–Trinajstić information content (AvgIpc) is 2.22. The van der Waals surface area contributed by atoms with Gasteiger partial charge in [-0.15, -0.1) is 0 Å². The molecule has 1 aromatic carbocycles. The zero-order valence-corrected chi connectivity index (χ0v) is 8.92. The Bertz CT molecular complexity index is 223. The first-order valence-electron chi connectivity index (χ1n) is 4.78. The molecule has 0 radical (unpaired) electrons. The summed E-state index contributed by atoms with van der Waals surface area (Å²) in [5.74, 6) is 0.914. The maximum Gasteiger partial charge on any atom is 0.142 e. The van der Waals surface area contributed by atoms with E-state index >= 15 is 0 Å². The van der Waals surface area contributed by atoms with E-state index in [1.54, 1.807) is 0 Å². The van der Waals surface area contributed by atoms with Gasteiger partial charge in [0.25, 0.3) is 0 Å². The second-order valence-corrected chi connectivity index (χ2v) is 2.18. The van der Waals surface area contributed by atoms with Crippen molar-refractivity contribution in [3.63, 3.8) is 0 Å². The molecular formula is C11H19NO. The van der Waals surface area contributed by atoms with E-state index in [1.807, 2.05) is 52.1 Å². The van der Waals surface area contributed by atoms with E-state index in [1.165, 1.54) is 0 Å². The van der Waals surface area contributed by atoms with Crippen LogP contribution in [0.25, 0.3) is 0 Å². The quantitative estimate of drug-likeness (QED) is 0.773. The van der Waals surface area contributed by atoms with Crippen LogP contribution in [0.4, 0.5) is 5.69 Å². The first-order chi connectivity index (χ1) is 6.38. The van der Waals surface area contributed by atoms with Crippen molar-refractivity contribution in [3.8, 4) is 5.75 Å². The molecule has 0 saturated heterocycles. The molecule has 0 atom stereocenters. The molecule has 0 amide bonds. The Morgan fingerprint density at radius 2 is 1.85 bits per heavy atom. The van der Waals surface area contributed by atoms with E-state index in [4.69, 9.17) is 4.74 Å². The van der Waals surface area contributed by atoms with Gasteiger partial charge in [0.1, 0.15) is 5.75 Å². The molecule has 0 aliphatic heterocycles. The Balaban J connectivity index is 0.000000671. The molecule has 0 unspecified atom stereocenters. The van der Waals surface area contributed by atoms with Crippen LogP contribution in [-0.4, -0.2) is 13.7 Å². The SMILES string of the molecule is CC.CCOc1ccccc1NC. The molecule has 0 aliphatic carbocycles. The van der Waals surface area contributed by atoms with Crippen molar-refractivity contribution >= 4 is 5.69 Å². The molecule has 74 valence electrons. The molecule has 0 saturated carbocycles. The number of ether oxygens (including phenoxy) is 1. The molecule has 1 rings (SSSR count). The Hall–Kier alpha value is -1.18. The van der Waals surface area contributed by atoms with Crippen molar-refractivity contribution in [1.82, 2.24) is 0 Å². The van der Waals surface area contributed by atoms with Crippen LogP contribution in [0.15, 0.2) is 24.3 Å². The van der Waals surface area contributed by atoms with Crippen LogP contribution in [0.1, 0.15) is 20.8 Å². The fraction of sp³-hybridized carbons (Fsp3) is 0.455. The van der Waals surface area contributed by atoms with Gasteiger partial charge in [-0.2, -0.15) is 0 Å².